The molecule has 21 heavy (non-hydrogen) atoms. The molecule has 4 bridgehead atoms. The zero-order valence-electron chi connectivity index (χ0n) is 11.6. The third-order valence-electron chi connectivity index (χ3n) is 4.14. The van der Waals surface area contributed by atoms with E-state index >= 15 is 0 Å². The number of thioether (sulfide) groups is 1. The van der Waals surface area contributed by atoms with Crippen LogP contribution in [0.15, 0.2) is 17.6 Å². The van der Waals surface area contributed by atoms with E-state index in [0.717, 1.165) is 5.03 Å². The van der Waals surface area contributed by atoms with Crippen LogP contribution in [0.4, 0.5) is 4.79 Å². The number of hydrogen-bond donors (Lipinski definition) is 1. The summed E-state index contributed by atoms with van der Waals surface area (Å²) in [7, 11) is 1.49. The lowest BCUT2D eigenvalue weighted by atomic mass is 10.1. The lowest BCUT2D eigenvalue weighted by Crippen LogP contribution is -2.60. The van der Waals surface area contributed by atoms with Gasteiger partial charge in [0.25, 0.3) is 5.91 Å². The Morgan fingerprint density at radius 2 is 2.52 bits per heavy atom. The summed E-state index contributed by atoms with van der Waals surface area (Å²) in [6.45, 7) is 2.08. The quantitative estimate of drug-likeness (QED) is 0.833. The van der Waals surface area contributed by atoms with Gasteiger partial charge in [0.1, 0.15) is 6.04 Å². The Bertz CT molecular complexity index is 609. The smallest absolute Gasteiger partial charge is 0.410 e. The van der Waals surface area contributed by atoms with Crippen LogP contribution < -0.4 is 0 Å². The number of carbonyl (C=O) groups excluding carboxylic acids is 1. The zero-order valence-corrected chi connectivity index (χ0v) is 12.4. The van der Waals surface area contributed by atoms with Crippen molar-refractivity contribution < 1.29 is 24.1 Å². The predicted octanol–water partition coefficient (Wildman–Crippen LogP) is 0.174. The van der Waals surface area contributed by atoms with Crippen LogP contribution in [0, 0.1) is 0 Å². The van der Waals surface area contributed by atoms with Crippen molar-refractivity contribution in [2.75, 3.05) is 20.3 Å². The van der Waals surface area contributed by atoms with Crippen molar-refractivity contribution in [3.05, 3.63) is 12.5 Å². The molecule has 4 unspecified atom stereocenters. The Morgan fingerprint density at radius 1 is 1.71 bits per heavy atom. The maximum Gasteiger partial charge on any atom is 0.410 e. The fourth-order valence-electron chi connectivity index (χ4n) is 3.36. The molecule has 3 aliphatic rings. The number of aliphatic hydroxyl groups is 1. The van der Waals surface area contributed by atoms with Gasteiger partial charge >= 0.3 is 6.09 Å². The SMILES string of the molecule is CCOC(=O)N1CC2(O)OC3(OC)C1C2Sc1cncn13. The van der Waals surface area contributed by atoms with E-state index in [0.29, 0.717) is 0 Å². The lowest BCUT2D eigenvalue weighted by Gasteiger charge is -2.43. The molecule has 0 aromatic carbocycles. The maximum absolute atomic E-state index is 12.2. The minimum atomic E-state index is -1.46. The topological polar surface area (TPSA) is 86.1 Å². The van der Waals surface area contributed by atoms with Crippen molar-refractivity contribution in [2.24, 2.45) is 0 Å². The summed E-state index contributed by atoms with van der Waals surface area (Å²) in [4.78, 5) is 17.7. The van der Waals surface area contributed by atoms with Crippen LogP contribution in [0.1, 0.15) is 6.92 Å². The molecule has 4 atom stereocenters. The third-order valence-corrected chi connectivity index (χ3v) is 5.57. The van der Waals surface area contributed by atoms with Gasteiger partial charge in [-0.05, 0) is 6.92 Å². The molecule has 2 fully saturated rings. The molecule has 114 valence electrons. The van der Waals surface area contributed by atoms with Gasteiger partial charge in [-0.3, -0.25) is 14.2 Å². The van der Waals surface area contributed by atoms with Crippen molar-refractivity contribution in [1.82, 2.24) is 14.5 Å². The first-order valence-electron chi connectivity index (χ1n) is 6.66. The standard InChI is InChI=1S/C12H15N3O5S/c1-3-19-10(16)14-5-11(17)9-8(14)12(18-2,20-11)15-6-13-4-7(15)21-9/h4,6,8-9,17H,3,5H2,1-2H3. The molecule has 3 aliphatic heterocycles. The highest BCUT2D eigenvalue weighted by atomic mass is 32.2. The Morgan fingerprint density at radius 3 is 3.24 bits per heavy atom. The lowest BCUT2D eigenvalue weighted by molar-refractivity contribution is -0.370. The Labute approximate surface area is 125 Å². The molecule has 4 rings (SSSR count). The highest BCUT2D eigenvalue weighted by Crippen LogP contribution is 2.59. The number of aromatic nitrogens is 2. The number of rotatable bonds is 2. The summed E-state index contributed by atoms with van der Waals surface area (Å²) in [5.41, 5.74) is 0. The van der Waals surface area contributed by atoms with Gasteiger partial charge in [0, 0.05) is 7.11 Å². The van der Waals surface area contributed by atoms with Gasteiger partial charge in [0.2, 0.25) is 5.79 Å². The van der Waals surface area contributed by atoms with Crippen molar-refractivity contribution in [2.45, 2.75) is 34.9 Å². The minimum Gasteiger partial charge on any atom is -0.450 e. The number of ether oxygens (including phenoxy) is 3. The molecule has 4 heterocycles. The molecule has 1 N–H and O–H groups in total. The fourth-order valence-corrected chi connectivity index (χ4v) is 4.79. The van der Waals surface area contributed by atoms with Crippen LogP contribution >= 0.6 is 11.8 Å². The van der Waals surface area contributed by atoms with Crippen LogP contribution in [-0.4, -0.2) is 63.0 Å². The van der Waals surface area contributed by atoms with Crippen LogP contribution in [0.2, 0.25) is 0 Å². The fraction of sp³-hybridized carbons (Fsp3) is 0.667. The van der Waals surface area contributed by atoms with E-state index in [9.17, 15) is 9.90 Å². The third kappa shape index (κ3) is 1.47. The van der Waals surface area contributed by atoms with Gasteiger partial charge in [-0.15, -0.1) is 0 Å². The highest BCUT2D eigenvalue weighted by molar-refractivity contribution is 8.00. The Balaban J connectivity index is 1.82. The minimum absolute atomic E-state index is 0.0670. The van der Waals surface area contributed by atoms with E-state index in [1.807, 2.05) is 0 Å². The Hall–Kier alpha value is -1.29. The molecule has 0 spiro atoms. The van der Waals surface area contributed by atoms with Crippen LogP contribution in [0.25, 0.3) is 0 Å². The highest BCUT2D eigenvalue weighted by Gasteiger charge is 2.75. The van der Waals surface area contributed by atoms with Gasteiger partial charge in [0.15, 0.2) is 0 Å². The van der Waals surface area contributed by atoms with E-state index in [-0.39, 0.29) is 18.4 Å². The summed E-state index contributed by atoms with van der Waals surface area (Å²) in [6, 6.07) is -0.474. The summed E-state index contributed by atoms with van der Waals surface area (Å²) in [5, 5.41) is 11.3. The van der Waals surface area contributed by atoms with Gasteiger partial charge in [-0.2, -0.15) is 0 Å². The van der Waals surface area contributed by atoms with E-state index in [2.05, 4.69) is 4.98 Å². The molecule has 0 aliphatic carbocycles. The second-order valence-corrected chi connectivity index (χ2v) is 6.36. The normalized spacial score (nSPS) is 39.5. The van der Waals surface area contributed by atoms with Crippen molar-refractivity contribution in [3.63, 3.8) is 0 Å². The van der Waals surface area contributed by atoms with Gasteiger partial charge in [-0.1, -0.05) is 11.8 Å². The number of imidazole rings is 1. The van der Waals surface area contributed by atoms with E-state index in [1.54, 1.807) is 24.0 Å². The van der Waals surface area contributed by atoms with E-state index in [1.165, 1.54) is 23.8 Å². The summed E-state index contributed by atoms with van der Waals surface area (Å²) >= 11 is 1.43. The zero-order chi connectivity index (χ0) is 14.8. The first-order valence-corrected chi connectivity index (χ1v) is 7.54. The maximum atomic E-state index is 12.2. The van der Waals surface area contributed by atoms with Crippen LogP contribution in [-0.2, 0) is 20.1 Å². The molecule has 1 aromatic heterocycles. The summed E-state index contributed by atoms with van der Waals surface area (Å²) in [6.07, 6.45) is 2.80. The summed E-state index contributed by atoms with van der Waals surface area (Å²) in [5.74, 6) is -2.72. The van der Waals surface area contributed by atoms with Crippen LogP contribution in [0.3, 0.4) is 0 Å². The molecule has 1 amide bonds. The van der Waals surface area contributed by atoms with Gasteiger partial charge in [0.05, 0.1) is 36.0 Å². The second-order valence-electron chi connectivity index (χ2n) is 5.19. The molecule has 1 aromatic rings. The molecular formula is C12H15N3O5S. The number of β-amino-alcohol motifs (C(OH)–C–C–N with tert-alkyl or cyclic N) is 1. The number of fused-ring (bicyclic) bond motifs is 2. The number of likely N-dealkylation sites (tertiary alicyclic amines) is 1. The van der Waals surface area contributed by atoms with Gasteiger partial charge in [-0.25, -0.2) is 9.78 Å². The van der Waals surface area contributed by atoms with E-state index in [4.69, 9.17) is 14.2 Å². The number of nitrogens with zero attached hydrogens (tertiary/aromatic N) is 3. The molecule has 0 radical (unpaired) electrons. The number of carbonyl (C=O) groups is 1. The average Bonchev–Trinajstić information content (AvgIpc) is 3.09. The Kier molecular flexibility index (Phi) is 2.63. The van der Waals surface area contributed by atoms with Crippen molar-refractivity contribution in [3.8, 4) is 0 Å². The largest absolute Gasteiger partial charge is 0.450 e. The molecular weight excluding hydrogens is 298 g/mol. The predicted molar refractivity (Wildman–Crippen MR) is 70.4 cm³/mol. The first-order chi connectivity index (χ1) is 10.1. The molecule has 2 saturated heterocycles. The monoisotopic (exact) mass is 313 g/mol. The number of methoxy groups -OCH3 is 1. The number of amides is 1. The summed E-state index contributed by atoms with van der Waals surface area (Å²) < 4.78 is 18.2. The van der Waals surface area contributed by atoms with Crippen molar-refractivity contribution in [1.29, 1.82) is 0 Å². The molecule has 9 heteroatoms. The average molecular weight is 313 g/mol. The van der Waals surface area contributed by atoms with Gasteiger partial charge < -0.3 is 14.6 Å². The second kappa shape index (κ2) is 4.13. The number of morpholine rings is 1. The van der Waals surface area contributed by atoms with E-state index < -0.39 is 23.8 Å². The molecule has 8 nitrogen and oxygen atoms in total. The number of hydrogen-bond acceptors (Lipinski definition) is 7. The van der Waals surface area contributed by atoms with Crippen molar-refractivity contribution >= 4 is 17.9 Å². The first kappa shape index (κ1) is 13.4. The van der Waals surface area contributed by atoms with Crippen LogP contribution in [0.5, 0.6) is 0 Å². The molecule has 0 saturated carbocycles.